The molecule has 24 nitrogen and oxygen atoms in total. The highest BCUT2D eigenvalue weighted by atomic mass is 16.3. The molecule has 136 heavy (non-hydrogen) atoms. The van der Waals surface area contributed by atoms with E-state index < -0.39 is 22.4 Å². The number of aliphatic hydroxyl groups is 4. The number of piperidine rings is 4. The molecular formula is C112H116N12O12. The third-order valence-corrected chi connectivity index (χ3v) is 31.9. The fraction of sp³-hybridized carbons (Fsp3) is 0.357. The summed E-state index contributed by atoms with van der Waals surface area (Å²) in [5.41, 5.74) is 9.14. The van der Waals surface area contributed by atoms with Gasteiger partial charge in [0.1, 0.15) is 0 Å². The number of benzene rings is 12. The highest BCUT2D eigenvalue weighted by Gasteiger charge is 2.58. The van der Waals surface area contributed by atoms with E-state index in [-0.39, 0.29) is 97.1 Å². The summed E-state index contributed by atoms with van der Waals surface area (Å²) in [6, 6.07) is 83.6. The number of rotatable bonds is 16. The van der Waals surface area contributed by atoms with E-state index in [0.29, 0.717) is 46.4 Å². The van der Waals surface area contributed by atoms with Gasteiger partial charge in [0, 0.05) is 151 Å². The lowest BCUT2D eigenvalue weighted by atomic mass is 9.91. The van der Waals surface area contributed by atoms with E-state index in [4.69, 9.17) is 0 Å². The maximum Gasteiger partial charge on any atom is 0.264 e. The maximum atomic E-state index is 13.5. The van der Waals surface area contributed by atoms with Crippen LogP contribution in [0.1, 0.15) is 168 Å². The third-order valence-electron chi connectivity index (χ3n) is 31.9. The highest BCUT2D eigenvalue weighted by molar-refractivity contribution is 6.13. The Labute approximate surface area is 791 Å². The van der Waals surface area contributed by atoms with Crippen molar-refractivity contribution in [2.45, 2.75) is 173 Å². The van der Waals surface area contributed by atoms with Crippen molar-refractivity contribution in [3.8, 4) is 0 Å². The topological polar surface area (TPSA) is 292 Å². The van der Waals surface area contributed by atoms with E-state index in [9.17, 15) is 58.8 Å². The van der Waals surface area contributed by atoms with Crippen molar-refractivity contribution in [3.05, 3.63) is 309 Å². The van der Waals surface area contributed by atoms with E-state index >= 15 is 0 Å². The summed E-state index contributed by atoms with van der Waals surface area (Å²) >= 11 is 0. The Hall–Kier alpha value is -12.9. The number of nitrogens with zero attached hydrogens (tertiary/aromatic N) is 8. The van der Waals surface area contributed by atoms with Crippen LogP contribution in [-0.2, 0) is 86.4 Å². The molecule has 8 amide bonds. The SMILES string of the molecule is CNC(=O)C[C@@]1(O)C(=O)N(C2CCN(C3Cc4cccc5cccc3c45)CC2)c2ccccc21.CNC(=O)C[C@@]1(O)C(=O)N(C2CCN([C@H]3Cc4cccc5cccc3c45)CC2)c2ccccc21.CNC(=O)C[C@]1(O)C(=O)N(C2CCN(C3Cc4cccc5cccc3c45)CC2)c2ccccc21.CNC(=O)C[C@]1(O)C(=O)N(C2CCN([C@H]3Cc4cccc5cccc3c45)CC2)c2ccccc21. The zero-order chi connectivity index (χ0) is 93.8. The zero-order valence-corrected chi connectivity index (χ0v) is 77.3. The van der Waals surface area contributed by atoms with Gasteiger partial charge in [0.05, 0.1) is 48.4 Å². The van der Waals surface area contributed by atoms with Gasteiger partial charge in [0.2, 0.25) is 23.6 Å². The average molecular weight is 1820 g/mol. The van der Waals surface area contributed by atoms with Gasteiger partial charge >= 0.3 is 0 Å². The van der Waals surface area contributed by atoms with Gasteiger partial charge in [0.15, 0.2) is 22.4 Å². The van der Waals surface area contributed by atoms with Crippen LogP contribution in [0, 0.1) is 0 Å². The number of nitrogens with one attached hydrogen (secondary N) is 4. The van der Waals surface area contributed by atoms with Crippen LogP contribution in [0.4, 0.5) is 22.7 Å². The van der Waals surface area contributed by atoms with Gasteiger partial charge in [-0.1, -0.05) is 218 Å². The van der Waals surface area contributed by atoms with Gasteiger partial charge < -0.3 is 61.3 Å². The van der Waals surface area contributed by atoms with Crippen LogP contribution in [0.3, 0.4) is 0 Å². The molecule has 8 atom stereocenters. The second kappa shape index (κ2) is 36.0. The van der Waals surface area contributed by atoms with Gasteiger partial charge in [-0.15, -0.1) is 0 Å². The molecule has 8 aliphatic heterocycles. The second-order valence-electron chi connectivity index (χ2n) is 39.0. The van der Waals surface area contributed by atoms with E-state index in [0.717, 1.165) is 152 Å². The Kier molecular flexibility index (Phi) is 23.7. The van der Waals surface area contributed by atoms with Gasteiger partial charge in [-0.3, -0.25) is 58.0 Å². The second-order valence-corrected chi connectivity index (χ2v) is 39.0. The predicted molar refractivity (Wildman–Crippen MR) is 526 cm³/mol. The molecule has 4 aliphatic carbocycles. The van der Waals surface area contributed by atoms with Crippen molar-refractivity contribution in [3.63, 3.8) is 0 Å². The molecule has 696 valence electrons. The number of carbonyl (C=O) groups is 8. The van der Waals surface area contributed by atoms with Gasteiger partial charge in [-0.25, -0.2) is 0 Å². The molecule has 8 N–H and O–H groups in total. The molecule has 12 aromatic carbocycles. The van der Waals surface area contributed by atoms with Crippen molar-refractivity contribution < 1.29 is 58.8 Å². The minimum atomic E-state index is -1.81. The molecule has 4 saturated heterocycles. The molecule has 8 heterocycles. The van der Waals surface area contributed by atoms with Crippen molar-refractivity contribution >= 4 is 113 Å². The first-order chi connectivity index (χ1) is 66.0. The number of hydrogen-bond acceptors (Lipinski definition) is 16. The summed E-state index contributed by atoms with van der Waals surface area (Å²) in [5, 5.41) is 66.4. The molecule has 0 spiro atoms. The lowest BCUT2D eigenvalue weighted by Crippen LogP contribution is -2.51. The summed E-state index contributed by atoms with van der Waals surface area (Å²) in [4.78, 5) is 120. The number of anilines is 4. The lowest BCUT2D eigenvalue weighted by Gasteiger charge is -2.40. The zero-order valence-electron chi connectivity index (χ0n) is 77.3. The molecule has 12 aliphatic rings. The fourth-order valence-corrected chi connectivity index (χ4v) is 25.2. The number of fused-ring (bicyclic) bond motifs is 4. The summed E-state index contributed by atoms with van der Waals surface area (Å²) < 4.78 is 0. The molecule has 0 radical (unpaired) electrons. The lowest BCUT2D eigenvalue weighted by molar-refractivity contribution is -0.143. The minimum absolute atomic E-state index is 0.00295. The number of para-hydroxylation sites is 4. The summed E-state index contributed by atoms with van der Waals surface area (Å²) in [6.45, 7) is 7.11. The molecule has 4 fully saturated rings. The largest absolute Gasteiger partial charge is 0.375 e. The van der Waals surface area contributed by atoms with Crippen LogP contribution < -0.4 is 40.9 Å². The Bertz CT molecular complexity index is 5970. The van der Waals surface area contributed by atoms with Crippen LogP contribution in [0.2, 0.25) is 0 Å². The molecule has 12 aromatic rings. The Morgan fingerprint density at radius 2 is 0.449 bits per heavy atom. The highest BCUT2D eigenvalue weighted by Crippen LogP contribution is 2.53. The summed E-state index contributed by atoms with van der Waals surface area (Å²) in [7, 11) is 6.08. The first kappa shape index (κ1) is 89.6. The first-order valence-electron chi connectivity index (χ1n) is 48.5. The Morgan fingerprint density at radius 1 is 0.265 bits per heavy atom. The van der Waals surface area contributed by atoms with Crippen LogP contribution in [-0.4, -0.2) is 192 Å². The van der Waals surface area contributed by atoms with Crippen molar-refractivity contribution in [2.24, 2.45) is 0 Å². The fourth-order valence-electron chi connectivity index (χ4n) is 25.2. The maximum absolute atomic E-state index is 13.5. The van der Waals surface area contributed by atoms with Crippen LogP contribution in [0.25, 0.3) is 43.1 Å². The standard InChI is InChI=1S/4C28H29N3O3/c4*1-29-25(32)17-28(34)22-10-2-3-11-23(22)31(27(28)33)20-12-14-30(15-13-20)24-16-19-8-4-6-18-7-5-9-21(24)26(18)19/h4*2-11,20,24,34H,12-17H2,1H3,(H,29,32)/t2*24?,28-;24-,28+;24-,28-/m1000/s1. The normalized spacial score (nSPS) is 24.6. The Balaban J connectivity index is 0.000000108. The number of likely N-dealkylation sites (tertiary alicyclic amines) is 4. The smallest absolute Gasteiger partial charge is 0.264 e. The molecule has 24 rings (SSSR count). The molecule has 0 aromatic heterocycles. The first-order valence-corrected chi connectivity index (χ1v) is 48.5. The van der Waals surface area contributed by atoms with Gasteiger partial charge in [-0.2, -0.15) is 0 Å². The van der Waals surface area contributed by atoms with E-state index in [2.05, 4.69) is 186 Å². The van der Waals surface area contributed by atoms with Gasteiger partial charge in [0.25, 0.3) is 23.6 Å². The predicted octanol–water partition coefficient (Wildman–Crippen LogP) is 13.1. The van der Waals surface area contributed by atoms with Crippen LogP contribution in [0.15, 0.2) is 243 Å². The number of amides is 8. The van der Waals surface area contributed by atoms with Gasteiger partial charge in [-0.05, 0) is 189 Å². The monoisotopic (exact) mass is 1820 g/mol. The third kappa shape index (κ3) is 15.2. The van der Waals surface area contributed by atoms with E-state index in [1.165, 1.54) is 116 Å². The average Bonchev–Trinajstić information content (AvgIpc) is 1.58. The molecule has 2 unspecified atom stereocenters. The van der Waals surface area contributed by atoms with E-state index in [1.807, 2.05) is 72.8 Å². The molecule has 24 heteroatoms. The van der Waals surface area contributed by atoms with Crippen LogP contribution >= 0.6 is 0 Å². The van der Waals surface area contributed by atoms with Crippen molar-refractivity contribution in [1.29, 1.82) is 0 Å². The number of hydrogen-bond donors (Lipinski definition) is 8. The molecular weight excluding hydrogens is 1710 g/mol. The summed E-state index contributed by atoms with van der Waals surface area (Å²) in [5.74, 6) is -2.92. The summed E-state index contributed by atoms with van der Waals surface area (Å²) in [6.07, 6.45) is 9.70. The van der Waals surface area contributed by atoms with Crippen LogP contribution in [0.5, 0.6) is 0 Å². The quantitative estimate of drug-likeness (QED) is 0.0446. The van der Waals surface area contributed by atoms with Crippen molar-refractivity contribution in [2.75, 3.05) is 100 Å². The molecule has 0 saturated carbocycles. The molecule has 0 bridgehead atoms. The van der Waals surface area contributed by atoms with E-state index in [1.54, 1.807) is 43.9 Å². The van der Waals surface area contributed by atoms with Crippen molar-refractivity contribution in [1.82, 2.24) is 40.9 Å². The Morgan fingerprint density at radius 3 is 0.640 bits per heavy atom. The minimum Gasteiger partial charge on any atom is -0.375 e. The number of carbonyl (C=O) groups excluding carboxylic acids is 8.